The predicted molar refractivity (Wildman–Crippen MR) is 73.0 cm³/mol. The number of ether oxygens (including phenoxy) is 1. The second kappa shape index (κ2) is 6.44. The molecule has 0 aliphatic rings. The SMILES string of the molecule is CCOC(C(NC)c1c(F)cccc1F)C(C)(C)C. The molecule has 0 aromatic heterocycles. The number of halogens is 2. The van der Waals surface area contributed by atoms with Gasteiger partial charge in [0.25, 0.3) is 0 Å². The maximum absolute atomic E-state index is 13.9. The summed E-state index contributed by atoms with van der Waals surface area (Å²) in [6.07, 6.45) is -0.325. The van der Waals surface area contributed by atoms with Crippen LogP contribution in [0.25, 0.3) is 0 Å². The molecule has 1 aromatic rings. The monoisotopic (exact) mass is 271 g/mol. The fraction of sp³-hybridized carbons (Fsp3) is 0.600. The van der Waals surface area contributed by atoms with Crippen molar-refractivity contribution < 1.29 is 13.5 Å². The summed E-state index contributed by atoms with van der Waals surface area (Å²) in [5, 5.41) is 2.99. The minimum absolute atomic E-state index is 0.0402. The van der Waals surface area contributed by atoms with Crippen LogP contribution < -0.4 is 5.32 Å². The second-order valence-corrected chi connectivity index (χ2v) is 5.64. The Balaban J connectivity index is 3.24. The summed E-state index contributed by atoms with van der Waals surface area (Å²) in [7, 11) is 1.69. The molecule has 0 radical (unpaired) electrons. The van der Waals surface area contributed by atoms with Gasteiger partial charge in [-0.3, -0.25) is 0 Å². The van der Waals surface area contributed by atoms with Gasteiger partial charge in [0.15, 0.2) is 0 Å². The van der Waals surface area contributed by atoms with Crippen molar-refractivity contribution in [3.05, 3.63) is 35.4 Å². The Morgan fingerprint density at radius 1 is 1.21 bits per heavy atom. The largest absolute Gasteiger partial charge is 0.376 e. The van der Waals surface area contributed by atoms with E-state index < -0.39 is 17.7 Å². The first kappa shape index (κ1) is 16.1. The molecular weight excluding hydrogens is 248 g/mol. The highest BCUT2D eigenvalue weighted by molar-refractivity contribution is 5.25. The first-order valence-electron chi connectivity index (χ1n) is 6.55. The highest BCUT2D eigenvalue weighted by atomic mass is 19.1. The van der Waals surface area contributed by atoms with Gasteiger partial charge in [-0.25, -0.2) is 8.78 Å². The summed E-state index contributed by atoms with van der Waals surface area (Å²) in [6, 6.07) is 3.39. The van der Waals surface area contributed by atoms with E-state index in [0.717, 1.165) is 0 Å². The molecule has 0 saturated carbocycles. The van der Waals surface area contributed by atoms with Crippen LogP contribution in [0.4, 0.5) is 8.78 Å². The number of likely N-dealkylation sites (N-methyl/N-ethyl adjacent to an activating group) is 1. The van der Waals surface area contributed by atoms with Gasteiger partial charge < -0.3 is 10.1 Å². The Hall–Kier alpha value is -1.00. The molecule has 0 heterocycles. The molecular formula is C15H23F2NO. The van der Waals surface area contributed by atoms with Gasteiger partial charge in [-0.2, -0.15) is 0 Å². The Labute approximate surface area is 114 Å². The van der Waals surface area contributed by atoms with Crippen LogP contribution in [-0.4, -0.2) is 19.8 Å². The average Bonchev–Trinajstić information content (AvgIpc) is 2.30. The molecule has 0 fully saturated rings. The fourth-order valence-electron chi connectivity index (χ4n) is 2.28. The van der Waals surface area contributed by atoms with Crippen LogP contribution in [0.2, 0.25) is 0 Å². The van der Waals surface area contributed by atoms with Gasteiger partial charge in [0.2, 0.25) is 0 Å². The minimum atomic E-state index is -0.548. The predicted octanol–water partition coefficient (Wildman–Crippen LogP) is 3.68. The Morgan fingerprint density at radius 3 is 2.11 bits per heavy atom. The molecule has 0 aliphatic carbocycles. The molecule has 2 atom stereocenters. The molecule has 1 rings (SSSR count). The molecule has 2 unspecified atom stereocenters. The smallest absolute Gasteiger partial charge is 0.131 e. The molecule has 1 aromatic carbocycles. The standard InChI is InChI=1S/C15H23F2NO/c1-6-19-14(15(2,3)4)13(18-5)12-10(16)8-7-9-11(12)17/h7-9,13-14,18H,6H2,1-5H3. The summed E-state index contributed by atoms with van der Waals surface area (Å²) in [6.45, 7) is 8.36. The quantitative estimate of drug-likeness (QED) is 0.882. The van der Waals surface area contributed by atoms with E-state index in [1.54, 1.807) is 7.05 Å². The molecule has 1 N–H and O–H groups in total. The highest BCUT2D eigenvalue weighted by Gasteiger charge is 2.35. The van der Waals surface area contributed by atoms with Crippen LogP contribution in [0.15, 0.2) is 18.2 Å². The van der Waals surface area contributed by atoms with Crippen LogP contribution >= 0.6 is 0 Å². The topological polar surface area (TPSA) is 21.3 Å². The van der Waals surface area contributed by atoms with E-state index in [0.29, 0.717) is 6.61 Å². The van der Waals surface area contributed by atoms with Crippen molar-refractivity contribution in [1.29, 1.82) is 0 Å². The maximum Gasteiger partial charge on any atom is 0.131 e. The molecule has 0 bridgehead atoms. The van der Waals surface area contributed by atoms with E-state index >= 15 is 0 Å². The minimum Gasteiger partial charge on any atom is -0.376 e. The lowest BCUT2D eigenvalue weighted by atomic mass is 9.81. The average molecular weight is 271 g/mol. The van der Waals surface area contributed by atoms with Gasteiger partial charge in [0.05, 0.1) is 12.1 Å². The number of hydrogen-bond donors (Lipinski definition) is 1. The molecule has 2 nitrogen and oxygen atoms in total. The molecule has 108 valence electrons. The summed E-state index contributed by atoms with van der Waals surface area (Å²) < 4.78 is 33.6. The fourth-order valence-corrected chi connectivity index (χ4v) is 2.28. The number of nitrogens with one attached hydrogen (secondary N) is 1. The van der Waals surface area contributed by atoms with Gasteiger partial charge in [0, 0.05) is 12.2 Å². The zero-order valence-corrected chi connectivity index (χ0v) is 12.3. The third-order valence-corrected chi connectivity index (χ3v) is 3.12. The lowest BCUT2D eigenvalue weighted by molar-refractivity contribution is -0.0364. The third kappa shape index (κ3) is 3.74. The molecule has 19 heavy (non-hydrogen) atoms. The third-order valence-electron chi connectivity index (χ3n) is 3.12. The van der Waals surface area contributed by atoms with Crippen LogP contribution in [-0.2, 0) is 4.74 Å². The summed E-state index contributed by atoms with van der Waals surface area (Å²) >= 11 is 0. The Bertz CT molecular complexity index is 395. The van der Waals surface area contributed by atoms with E-state index in [4.69, 9.17) is 4.74 Å². The summed E-state index contributed by atoms with van der Waals surface area (Å²) in [5.41, 5.74) is -0.198. The molecule has 0 saturated heterocycles. The number of rotatable bonds is 5. The lowest BCUT2D eigenvalue weighted by Crippen LogP contribution is -2.41. The molecule has 0 spiro atoms. The normalized spacial score (nSPS) is 15.3. The van der Waals surface area contributed by atoms with Crippen LogP contribution in [0.5, 0.6) is 0 Å². The van der Waals surface area contributed by atoms with Crippen molar-refractivity contribution >= 4 is 0 Å². The lowest BCUT2D eigenvalue weighted by Gasteiger charge is -2.37. The van der Waals surface area contributed by atoms with Gasteiger partial charge in [0.1, 0.15) is 11.6 Å². The Kier molecular flexibility index (Phi) is 5.44. The van der Waals surface area contributed by atoms with E-state index in [-0.39, 0.29) is 17.1 Å². The summed E-state index contributed by atoms with van der Waals surface area (Å²) in [4.78, 5) is 0. The van der Waals surface area contributed by atoms with Crippen molar-refractivity contribution in [1.82, 2.24) is 5.32 Å². The maximum atomic E-state index is 13.9. The van der Waals surface area contributed by atoms with Crippen molar-refractivity contribution in [2.75, 3.05) is 13.7 Å². The first-order valence-corrected chi connectivity index (χ1v) is 6.55. The van der Waals surface area contributed by atoms with Crippen LogP contribution in [0, 0.1) is 17.0 Å². The second-order valence-electron chi connectivity index (χ2n) is 5.64. The van der Waals surface area contributed by atoms with Crippen molar-refractivity contribution in [2.24, 2.45) is 5.41 Å². The van der Waals surface area contributed by atoms with Crippen LogP contribution in [0.3, 0.4) is 0 Å². The van der Waals surface area contributed by atoms with Crippen LogP contribution in [0.1, 0.15) is 39.3 Å². The van der Waals surface area contributed by atoms with E-state index in [9.17, 15) is 8.78 Å². The highest BCUT2D eigenvalue weighted by Crippen LogP contribution is 2.34. The van der Waals surface area contributed by atoms with E-state index in [1.165, 1.54) is 18.2 Å². The number of benzene rings is 1. The zero-order chi connectivity index (χ0) is 14.6. The van der Waals surface area contributed by atoms with Gasteiger partial charge in [-0.15, -0.1) is 0 Å². The number of hydrogen-bond acceptors (Lipinski definition) is 2. The van der Waals surface area contributed by atoms with E-state index in [2.05, 4.69) is 5.32 Å². The Morgan fingerprint density at radius 2 is 1.74 bits per heavy atom. The van der Waals surface area contributed by atoms with Crippen molar-refractivity contribution in [2.45, 2.75) is 39.8 Å². The van der Waals surface area contributed by atoms with Crippen molar-refractivity contribution in [3.8, 4) is 0 Å². The van der Waals surface area contributed by atoms with Gasteiger partial charge in [-0.05, 0) is 31.5 Å². The summed E-state index contributed by atoms with van der Waals surface area (Å²) in [5.74, 6) is -1.10. The first-order chi connectivity index (χ1) is 8.82. The van der Waals surface area contributed by atoms with Gasteiger partial charge >= 0.3 is 0 Å². The molecule has 4 heteroatoms. The van der Waals surface area contributed by atoms with E-state index in [1.807, 2.05) is 27.7 Å². The molecule has 0 amide bonds. The zero-order valence-electron chi connectivity index (χ0n) is 12.3. The van der Waals surface area contributed by atoms with Gasteiger partial charge in [-0.1, -0.05) is 26.8 Å². The van der Waals surface area contributed by atoms with Crippen molar-refractivity contribution in [3.63, 3.8) is 0 Å². The molecule has 0 aliphatic heterocycles.